The molecule has 0 amide bonds. The summed E-state index contributed by atoms with van der Waals surface area (Å²) in [5.74, 6) is 0. The fourth-order valence-electron chi connectivity index (χ4n) is 1.69. The van der Waals surface area contributed by atoms with Crippen LogP contribution in [0.2, 0.25) is 6.04 Å². The maximum atomic E-state index is 13.4. The monoisotopic (exact) mass is 350 g/mol. The van der Waals surface area contributed by atoms with Crippen LogP contribution in [0.5, 0.6) is 0 Å². The second kappa shape index (κ2) is 8.07. The van der Waals surface area contributed by atoms with E-state index in [-0.39, 0.29) is 0 Å². The minimum Gasteiger partial charge on any atom is -0.425 e. The van der Waals surface area contributed by atoms with Gasteiger partial charge in [-0.3, -0.25) is 0 Å². The van der Waals surface area contributed by atoms with Gasteiger partial charge in [0.15, 0.2) is 5.67 Å². The second-order valence-corrected chi connectivity index (χ2v) is 13.1. The molecular formula is C8H21F3O4Si4. The van der Waals surface area contributed by atoms with Gasteiger partial charge in [-0.15, -0.1) is 0 Å². The first-order valence-electron chi connectivity index (χ1n) is 6.27. The van der Waals surface area contributed by atoms with E-state index in [2.05, 4.69) is 0 Å². The molecule has 114 valence electrons. The standard InChI is InChI=1S/C8H15F3OSi.H6O3Si3/c1-7(2,9)8(10,11)13-6-4-3-5-12-13;1-4-2-6-3-5-1/h13H,3-6H2,1-2H3;4-6H2. The number of hydrogen-bond donors (Lipinski definition) is 0. The van der Waals surface area contributed by atoms with E-state index in [0.717, 1.165) is 26.7 Å². The molecule has 0 bridgehead atoms. The van der Waals surface area contributed by atoms with E-state index >= 15 is 0 Å². The lowest BCUT2D eigenvalue weighted by Crippen LogP contribution is -2.54. The molecule has 2 saturated heterocycles. The van der Waals surface area contributed by atoms with E-state index in [1.54, 1.807) is 0 Å². The van der Waals surface area contributed by atoms with E-state index in [1.165, 1.54) is 0 Å². The third-order valence-corrected chi connectivity index (χ3v) is 9.94. The Morgan fingerprint density at radius 3 is 1.79 bits per heavy atom. The third-order valence-electron chi connectivity index (χ3n) is 2.88. The molecular weight excluding hydrogens is 329 g/mol. The highest BCUT2D eigenvalue weighted by molar-refractivity contribution is 6.55. The molecule has 1 unspecified atom stereocenters. The summed E-state index contributed by atoms with van der Waals surface area (Å²) in [6.07, 6.45) is 1.58. The molecule has 0 aromatic rings. The van der Waals surface area contributed by atoms with Crippen molar-refractivity contribution in [1.82, 2.24) is 0 Å². The van der Waals surface area contributed by atoms with Gasteiger partial charge in [0.2, 0.25) is 0 Å². The molecule has 0 saturated carbocycles. The van der Waals surface area contributed by atoms with E-state index < -0.39 is 50.3 Å². The van der Waals surface area contributed by atoms with Gasteiger partial charge in [0.25, 0.3) is 44.6 Å². The van der Waals surface area contributed by atoms with E-state index in [0.29, 0.717) is 12.7 Å². The number of rotatable bonds is 2. The molecule has 2 rings (SSSR count). The second-order valence-electron chi connectivity index (χ2n) is 4.92. The molecule has 2 fully saturated rings. The van der Waals surface area contributed by atoms with Crippen LogP contribution in [0.1, 0.15) is 26.7 Å². The predicted molar refractivity (Wildman–Crippen MR) is 76.2 cm³/mol. The zero-order chi connectivity index (χ0) is 14.4. The highest BCUT2D eigenvalue weighted by Crippen LogP contribution is 2.37. The Bertz CT molecular complexity index is 245. The van der Waals surface area contributed by atoms with Crippen LogP contribution in [0.15, 0.2) is 0 Å². The normalized spacial score (nSPS) is 29.2. The molecule has 19 heavy (non-hydrogen) atoms. The van der Waals surface area contributed by atoms with E-state index in [9.17, 15) is 13.2 Å². The molecule has 2 aliphatic heterocycles. The Kier molecular flexibility index (Phi) is 7.45. The Morgan fingerprint density at radius 2 is 1.47 bits per heavy atom. The fourth-order valence-corrected chi connectivity index (χ4v) is 9.72. The summed E-state index contributed by atoms with van der Waals surface area (Å²) in [5, 5.41) is 0. The number of alkyl halides is 3. The lowest BCUT2D eigenvalue weighted by Gasteiger charge is -2.34. The van der Waals surface area contributed by atoms with Gasteiger partial charge in [-0.2, -0.15) is 0 Å². The molecule has 0 spiro atoms. The molecule has 0 aliphatic carbocycles. The Labute approximate surface area is 120 Å². The van der Waals surface area contributed by atoms with Crippen molar-refractivity contribution >= 4 is 39.1 Å². The van der Waals surface area contributed by atoms with Gasteiger partial charge in [0.1, 0.15) is 0 Å². The smallest absolute Gasteiger partial charge is 0.286 e. The summed E-state index contributed by atoms with van der Waals surface area (Å²) in [7, 11) is -4.15. The van der Waals surface area contributed by atoms with Crippen LogP contribution in [0.25, 0.3) is 0 Å². The highest BCUT2D eigenvalue weighted by atomic mass is 28.4. The van der Waals surface area contributed by atoms with Crippen molar-refractivity contribution in [3.05, 3.63) is 0 Å². The van der Waals surface area contributed by atoms with Crippen molar-refractivity contribution in [3.8, 4) is 0 Å². The first-order valence-corrected chi connectivity index (χ1v) is 11.6. The average Bonchev–Trinajstić information content (AvgIpc) is 2.41. The lowest BCUT2D eigenvalue weighted by molar-refractivity contribution is -0.0696. The lowest BCUT2D eigenvalue weighted by atomic mass is 10.2. The highest BCUT2D eigenvalue weighted by Gasteiger charge is 2.55. The van der Waals surface area contributed by atoms with E-state index in [4.69, 9.17) is 16.8 Å². The van der Waals surface area contributed by atoms with Crippen LogP contribution < -0.4 is 0 Å². The fraction of sp³-hybridized carbons (Fsp3) is 1.00. The Hall–Kier alpha value is 0.498. The summed E-state index contributed by atoms with van der Waals surface area (Å²) in [5.41, 5.74) is -5.69. The van der Waals surface area contributed by atoms with Crippen molar-refractivity contribution in [2.75, 3.05) is 6.61 Å². The summed E-state index contributed by atoms with van der Waals surface area (Å²) < 4.78 is 59.7. The molecule has 11 heteroatoms. The van der Waals surface area contributed by atoms with Crippen molar-refractivity contribution in [3.63, 3.8) is 0 Å². The SMILES string of the molecule is CC(C)(F)C(F)(F)[SiH]1CCCCO1.O1[SiH2]O[SiH2]O[SiH2]1. The molecule has 0 radical (unpaired) electrons. The summed E-state index contributed by atoms with van der Waals surface area (Å²) >= 11 is 0. The minimum absolute atomic E-state index is 0.378. The molecule has 4 nitrogen and oxygen atoms in total. The van der Waals surface area contributed by atoms with Gasteiger partial charge >= 0.3 is 0 Å². The first kappa shape index (κ1) is 17.5. The van der Waals surface area contributed by atoms with Crippen LogP contribution in [0.4, 0.5) is 13.2 Å². The Balaban J connectivity index is 0.000000250. The summed E-state index contributed by atoms with van der Waals surface area (Å²) in [6.45, 7) is 2.23. The van der Waals surface area contributed by atoms with Crippen molar-refractivity contribution in [2.24, 2.45) is 0 Å². The summed E-state index contributed by atoms with van der Waals surface area (Å²) in [4.78, 5) is 0. The van der Waals surface area contributed by atoms with Gasteiger partial charge in [0, 0.05) is 6.61 Å². The molecule has 2 heterocycles. The molecule has 0 aromatic heterocycles. The third kappa shape index (κ3) is 5.79. The Morgan fingerprint density at radius 1 is 0.947 bits per heavy atom. The number of halogens is 3. The first-order chi connectivity index (χ1) is 8.86. The van der Waals surface area contributed by atoms with Crippen LogP contribution in [-0.4, -0.2) is 56.9 Å². The van der Waals surface area contributed by atoms with Gasteiger partial charge in [-0.05, 0) is 26.3 Å². The molecule has 0 N–H and O–H groups in total. The maximum Gasteiger partial charge on any atom is 0.286 e. The minimum atomic E-state index is -3.24. The molecule has 2 aliphatic rings. The van der Waals surface area contributed by atoms with Crippen LogP contribution >= 0.6 is 0 Å². The molecule has 0 aromatic carbocycles. The zero-order valence-electron chi connectivity index (χ0n) is 11.3. The van der Waals surface area contributed by atoms with Gasteiger partial charge in [-0.25, -0.2) is 13.2 Å². The van der Waals surface area contributed by atoms with Crippen LogP contribution in [-0.2, 0) is 16.8 Å². The summed E-state index contributed by atoms with van der Waals surface area (Å²) in [6, 6.07) is 0.389. The van der Waals surface area contributed by atoms with Gasteiger partial charge in [0.05, 0.1) is 0 Å². The number of hydrogen-bond acceptors (Lipinski definition) is 4. The predicted octanol–water partition coefficient (Wildman–Crippen LogP) is -0.511. The van der Waals surface area contributed by atoms with Crippen molar-refractivity contribution in [1.29, 1.82) is 0 Å². The largest absolute Gasteiger partial charge is 0.425 e. The quantitative estimate of drug-likeness (QED) is 0.629. The van der Waals surface area contributed by atoms with Crippen LogP contribution in [0.3, 0.4) is 0 Å². The van der Waals surface area contributed by atoms with Crippen molar-refractivity contribution in [2.45, 2.75) is 43.9 Å². The van der Waals surface area contributed by atoms with Gasteiger partial charge < -0.3 is 16.8 Å². The van der Waals surface area contributed by atoms with Crippen LogP contribution in [0, 0.1) is 0 Å². The van der Waals surface area contributed by atoms with Gasteiger partial charge in [-0.1, -0.05) is 6.42 Å². The van der Waals surface area contributed by atoms with Crippen molar-refractivity contribution < 1.29 is 29.9 Å². The maximum absolute atomic E-state index is 13.4. The van der Waals surface area contributed by atoms with E-state index in [1.807, 2.05) is 0 Å². The average molecular weight is 351 g/mol. The topological polar surface area (TPSA) is 36.9 Å². The molecule has 1 atom stereocenters. The zero-order valence-corrected chi connectivity index (χ0v) is 16.7.